The van der Waals surface area contributed by atoms with E-state index in [9.17, 15) is 9.59 Å². The summed E-state index contributed by atoms with van der Waals surface area (Å²) in [7, 11) is 0. The van der Waals surface area contributed by atoms with Crippen molar-refractivity contribution in [1.82, 2.24) is 36.8 Å². The number of thioether (sulfide) groups is 3. The summed E-state index contributed by atoms with van der Waals surface area (Å²) in [6.07, 6.45) is 6.17. The molecule has 5 saturated heterocycles. The summed E-state index contributed by atoms with van der Waals surface area (Å²) in [6.45, 7) is 4.62. The SMILES string of the molecule is N[C@@H]1CCCC[C@@H]1NC1NC2CNC(=O)C2C(NC2CNC(C3CSC4C(=O)C=C(N5CCOCC5)SC43)S2)N1. The van der Waals surface area contributed by atoms with Gasteiger partial charge in [-0.15, -0.1) is 35.3 Å². The Balaban J connectivity index is 0.985. The first kappa shape index (κ1) is 28.2. The summed E-state index contributed by atoms with van der Waals surface area (Å²) >= 11 is 5.64. The molecule has 1 saturated carbocycles. The third-order valence-corrected chi connectivity index (χ3v) is 14.0. The maximum absolute atomic E-state index is 13.1. The summed E-state index contributed by atoms with van der Waals surface area (Å²) in [4.78, 5) is 28.2. The van der Waals surface area contributed by atoms with Crippen LogP contribution in [0, 0.1) is 11.8 Å². The summed E-state index contributed by atoms with van der Waals surface area (Å²) in [5.74, 6) is 1.58. The molecule has 11 atom stereocenters. The molecule has 6 aliphatic heterocycles. The predicted octanol–water partition coefficient (Wildman–Crippen LogP) is -1.07. The lowest BCUT2D eigenvalue weighted by Crippen LogP contribution is -2.74. The van der Waals surface area contributed by atoms with Crippen LogP contribution in [0.4, 0.5) is 0 Å². The zero-order chi connectivity index (χ0) is 27.2. The van der Waals surface area contributed by atoms with Gasteiger partial charge in [-0.3, -0.25) is 30.9 Å². The number of hydrogen-bond donors (Lipinski definition) is 7. The molecule has 1 aliphatic carbocycles. The van der Waals surface area contributed by atoms with Gasteiger partial charge in [0.25, 0.3) is 0 Å². The summed E-state index contributed by atoms with van der Waals surface area (Å²) in [6, 6.07) is 0.505. The Kier molecular flexibility index (Phi) is 8.62. The van der Waals surface area contributed by atoms with Gasteiger partial charge in [0.2, 0.25) is 5.91 Å². The van der Waals surface area contributed by atoms with Gasteiger partial charge in [0.1, 0.15) is 6.29 Å². The van der Waals surface area contributed by atoms with Crippen LogP contribution >= 0.6 is 35.3 Å². The third-order valence-electron chi connectivity index (χ3n) is 9.40. The Labute approximate surface area is 248 Å². The third kappa shape index (κ3) is 5.70. The van der Waals surface area contributed by atoms with Crippen molar-refractivity contribution in [3.8, 4) is 0 Å². The fourth-order valence-corrected chi connectivity index (χ4v) is 12.3. The Morgan fingerprint density at radius 2 is 1.93 bits per heavy atom. The number of ketones is 1. The number of carbonyl (C=O) groups excluding carboxylic acids is 2. The predicted molar refractivity (Wildman–Crippen MR) is 160 cm³/mol. The van der Waals surface area contributed by atoms with Gasteiger partial charge >= 0.3 is 0 Å². The zero-order valence-electron chi connectivity index (χ0n) is 22.7. The minimum Gasteiger partial charge on any atom is -0.378 e. The van der Waals surface area contributed by atoms with Crippen molar-refractivity contribution in [3.63, 3.8) is 0 Å². The van der Waals surface area contributed by atoms with Gasteiger partial charge in [0, 0.05) is 67.3 Å². The molecule has 8 N–H and O–H groups in total. The summed E-state index contributed by atoms with van der Waals surface area (Å²) in [5, 5.41) is 23.5. The van der Waals surface area contributed by atoms with E-state index in [0.717, 1.165) is 56.5 Å². The highest BCUT2D eigenvalue weighted by Crippen LogP contribution is 2.50. The Bertz CT molecular complexity index is 1000. The molecule has 0 radical (unpaired) electrons. The van der Waals surface area contributed by atoms with Crippen LogP contribution in [0.15, 0.2) is 11.1 Å². The Hall–Kier alpha value is -0.550. The van der Waals surface area contributed by atoms with Crippen LogP contribution in [-0.2, 0) is 14.3 Å². The monoisotopic (exact) mass is 610 g/mol. The molecular formula is C26H42N8O3S3. The largest absolute Gasteiger partial charge is 0.378 e. The number of carbonyl (C=O) groups is 2. The molecule has 9 unspecified atom stereocenters. The van der Waals surface area contributed by atoms with Crippen LogP contribution in [0.2, 0.25) is 0 Å². The van der Waals surface area contributed by atoms with E-state index in [4.69, 9.17) is 10.5 Å². The number of morpholine rings is 1. The molecule has 6 fully saturated rings. The second kappa shape index (κ2) is 12.2. The van der Waals surface area contributed by atoms with E-state index in [-0.39, 0.29) is 69.4 Å². The number of ether oxygens (including phenoxy) is 1. The highest BCUT2D eigenvalue weighted by molar-refractivity contribution is 8.07. The normalized spacial score (nSPS) is 45.7. The maximum atomic E-state index is 13.1. The smallest absolute Gasteiger partial charge is 0.227 e. The molecule has 0 aromatic carbocycles. The van der Waals surface area contributed by atoms with E-state index in [0.29, 0.717) is 12.5 Å². The van der Waals surface area contributed by atoms with Gasteiger partial charge < -0.3 is 26.0 Å². The average Bonchev–Trinajstić information content (AvgIpc) is 3.69. The van der Waals surface area contributed by atoms with Crippen LogP contribution < -0.4 is 37.6 Å². The second-order valence-electron chi connectivity index (χ2n) is 11.9. The fraction of sp³-hybridized carbons (Fsp3) is 0.846. The van der Waals surface area contributed by atoms with Gasteiger partial charge in [-0.05, 0) is 12.8 Å². The molecule has 6 heterocycles. The molecule has 0 bridgehead atoms. The van der Waals surface area contributed by atoms with Gasteiger partial charge in [-0.1, -0.05) is 12.8 Å². The van der Waals surface area contributed by atoms with Crippen molar-refractivity contribution in [1.29, 1.82) is 0 Å². The van der Waals surface area contributed by atoms with E-state index < -0.39 is 0 Å². The molecule has 0 spiro atoms. The van der Waals surface area contributed by atoms with Crippen LogP contribution in [-0.4, -0.2) is 114 Å². The molecule has 1 amide bonds. The number of fused-ring (bicyclic) bond motifs is 2. The van der Waals surface area contributed by atoms with Crippen molar-refractivity contribution >= 4 is 47.0 Å². The van der Waals surface area contributed by atoms with Gasteiger partial charge in [-0.2, -0.15) is 0 Å². The molecule has 222 valence electrons. The topological polar surface area (TPSA) is 145 Å². The highest BCUT2D eigenvalue weighted by atomic mass is 32.2. The number of nitrogens with one attached hydrogen (secondary N) is 6. The number of hydrogen-bond acceptors (Lipinski definition) is 13. The second-order valence-corrected chi connectivity index (χ2v) is 15.7. The van der Waals surface area contributed by atoms with E-state index in [2.05, 4.69) is 36.8 Å². The lowest BCUT2D eigenvalue weighted by molar-refractivity contribution is -0.124. The fourth-order valence-electron chi connectivity index (χ4n) is 7.21. The van der Waals surface area contributed by atoms with Gasteiger partial charge in [0.05, 0.1) is 46.3 Å². The van der Waals surface area contributed by atoms with Crippen LogP contribution in [0.3, 0.4) is 0 Å². The van der Waals surface area contributed by atoms with Crippen molar-refractivity contribution in [3.05, 3.63) is 11.1 Å². The molecular weight excluding hydrogens is 569 g/mol. The van der Waals surface area contributed by atoms with Gasteiger partial charge in [-0.25, -0.2) is 0 Å². The first-order valence-corrected chi connectivity index (χ1v) is 17.7. The maximum Gasteiger partial charge on any atom is 0.227 e. The number of allylic oxidation sites excluding steroid dienone is 1. The van der Waals surface area contributed by atoms with E-state index >= 15 is 0 Å². The standard InChI is InChI=1S/C26H42N8O3S3/c27-14-3-1-2-4-15(14)30-26-31-16-10-28-24(36)20(16)23(33-26)32-18-11-29-25(39-18)13-12-38-22-17(35)9-19(40-21(13)22)34-5-7-37-8-6-34/h9,13-16,18,20-23,25-26,29-33H,1-8,10-12,27H2,(H,28,36)/t13?,14-,15+,16?,18?,20?,21?,22?,23?,25?,26?/m1/s1. The Morgan fingerprint density at radius 1 is 1.07 bits per heavy atom. The van der Waals surface area contributed by atoms with E-state index in [1.807, 2.05) is 41.4 Å². The molecule has 14 heteroatoms. The molecule has 40 heavy (non-hydrogen) atoms. The number of nitrogens with zero attached hydrogens (tertiary/aromatic N) is 1. The average molecular weight is 611 g/mol. The molecule has 7 aliphatic rings. The zero-order valence-corrected chi connectivity index (χ0v) is 25.1. The van der Waals surface area contributed by atoms with Crippen LogP contribution in [0.25, 0.3) is 0 Å². The number of rotatable bonds is 6. The van der Waals surface area contributed by atoms with Crippen molar-refractivity contribution < 1.29 is 14.3 Å². The first-order chi connectivity index (χ1) is 19.5. The number of amides is 1. The van der Waals surface area contributed by atoms with Crippen LogP contribution in [0.5, 0.6) is 0 Å². The molecule has 0 aromatic rings. The lowest BCUT2D eigenvalue weighted by atomic mass is 9.90. The van der Waals surface area contributed by atoms with E-state index in [1.54, 1.807) is 0 Å². The van der Waals surface area contributed by atoms with Crippen molar-refractivity contribution in [2.75, 3.05) is 45.1 Å². The van der Waals surface area contributed by atoms with Crippen molar-refractivity contribution in [2.24, 2.45) is 17.6 Å². The molecule has 11 nitrogen and oxygen atoms in total. The van der Waals surface area contributed by atoms with Crippen LogP contribution in [0.1, 0.15) is 25.7 Å². The minimum absolute atomic E-state index is 0.0428. The summed E-state index contributed by atoms with van der Waals surface area (Å²) < 4.78 is 5.53. The Morgan fingerprint density at radius 3 is 2.77 bits per heavy atom. The molecule has 0 aromatic heterocycles. The number of nitrogens with two attached hydrogens (primary N) is 1. The quantitative estimate of drug-likeness (QED) is 0.196. The highest BCUT2D eigenvalue weighted by Gasteiger charge is 2.51. The lowest BCUT2D eigenvalue weighted by Gasteiger charge is -2.43. The minimum atomic E-state index is -0.170. The summed E-state index contributed by atoms with van der Waals surface area (Å²) in [5.41, 5.74) is 6.42. The first-order valence-electron chi connectivity index (χ1n) is 14.9. The molecule has 7 rings (SSSR count). The van der Waals surface area contributed by atoms with E-state index in [1.165, 1.54) is 12.8 Å². The van der Waals surface area contributed by atoms with Crippen molar-refractivity contribution in [2.45, 2.75) is 77.5 Å². The van der Waals surface area contributed by atoms with Gasteiger partial charge in [0.15, 0.2) is 5.78 Å².